The molecule has 0 saturated carbocycles. The summed E-state index contributed by atoms with van der Waals surface area (Å²) in [5, 5.41) is 13.0. The topological polar surface area (TPSA) is 66.4 Å². The van der Waals surface area contributed by atoms with Crippen LogP contribution in [0.2, 0.25) is 4.34 Å². The molecule has 2 aromatic heterocycles. The van der Waals surface area contributed by atoms with Crippen LogP contribution in [0, 0.1) is 0 Å². The van der Waals surface area contributed by atoms with Crippen LogP contribution >= 0.6 is 34.3 Å². The fourth-order valence-corrected chi connectivity index (χ4v) is 2.82. The van der Waals surface area contributed by atoms with Gasteiger partial charge in [-0.15, -0.1) is 22.7 Å². The highest BCUT2D eigenvalue weighted by molar-refractivity contribution is 7.18. The van der Waals surface area contributed by atoms with Crippen LogP contribution in [0.3, 0.4) is 0 Å². The Morgan fingerprint density at radius 2 is 2.06 bits per heavy atom. The number of amides is 1. The number of anilines is 1. The average Bonchev–Trinajstić information content (AvgIpc) is 2.86. The van der Waals surface area contributed by atoms with Crippen LogP contribution in [-0.4, -0.2) is 17.0 Å². The number of halogens is 1. The van der Waals surface area contributed by atoms with E-state index in [9.17, 15) is 9.59 Å². The monoisotopic (exact) mass is 287 g/mol. The van der Waals surface area contributed by atoms with E-state index in [-0.39, 0.29) is 10.8 Å². The van der Waals surface area contributed by atoms with Crippen molar-refractivity contribution in [3.05, 3.63) is 37.7 Å². The highest BCUT2D eigenvalue weighted by Crippen LogP contribution is 2.25. The molecular formula is C10H6ClNO3S2. The van der Waals surface area contributed by atoms with Crippen LogP contribution in [0.1, 0.15) is 19.3 Å². The zero-order valence-electron chi connectivity index (χ0n) is 8.27. The van der Waals surface area contributed by atoms with E-state index in [1.165, 1.54) is 0 Å². The molecule has 2 N–H and O–H groups in total. The average molecular weight is 288 g/mol. The van der Waals surface area contributed by atoms with Gasteiger partial charge in [0, 0.05) is 0 Å². The van der Waals surface area contributed by atoms with Crippen molar-refractivity contribution in [3.8, 4) is 0 Å². The zero-order valence-corrected chi connectivity index (χ0v) is 10.7. The van der Waals surface area contributed by atoms with Crippen molar-refractivity contribution in [2.45, 2.75) is 0 Å². The van der Waals surface area contributed by atoms with E-state index < -0.39 is 5.97 Å². The first-order valence-electron chi connectivity index (χ1n) is 4.45. The van der Waals surface area contributed by atoms with Gasteiger partial charge in [-0.25, -0.2) is 4.79 Å². The highest BCUT2D eigenvalue weighted by atomic mass is 35.5. The summed E-state index contributed by atoms with van der Waals surface area (Å²) in [5.41, 5.74) is 0.303. The smallest absolute Gasteiger partial charge is 0.348 e. The van der Waals surface area contributed by atoms with Gasteiger partial charge in [0.1, 0.15) is 4.88 Å². The van der Waals surface area contributed by atoms with Gasteiger partial charge in [0.15, 0.2) is 0 Å². The molecule has 88 valence electrons. The minimum Gasteiger partial charge on any atom is -0.477 e. The Bertz CT molecular complexity index is 576. The lowest BCUT2D eigenvalue weighted by Gasteiger charge is -2.01. The molecule has 0 radical (unpaired) electrons. The van der Waals surface area contributed by atoms with Crippen LogP contribution in [-0.2, 0) is 0 Å². The van der Waals surface area contributed by atoms with E-state index in [0.29, 0.717) is 14.9 Å². The van der Waals surface area contributed by atoms with Crippen LogP contribution in [0.25, 0.3) is 0 Å². The van der Waals surface area contributed by atoms with Crippen LogP contribution in [0.5, 0.6) is 0 Å². The Morgan fingerprint density at radius 1 is 1.29 bits per heavy atom. The normalized spacial score (nSPS) is 10.2. The second-order valence-electron chi connectivity index (χ2n) is 3.03. The van der Waals surface area contributed by atoms with Crippen molar-refractivity contribution in [2.24, 2.45) is 0 Å². The van der Waals surface area contributed by atoms with Crippen molar-refractivity contribution in [3.63, 3.8) is 0 Å². The molecule has 0 fully saturated rings. The molecule has 17 heavy (non-hydrogen) atoms. The van der Waals surface area contributed by atoms with Gasteiger partial charge in [0.2, 0.25) is 0 Å². The summed E-state index contributed by atoms with van der Waals surface area (Å²) in [6.07, 6.45) is 0. The molecule has 0 unspecified atom stereocenters. The first-order valence-corrected chi connectivity index (χ1v) is 6.53. The van der Waals surface area contributed by atoms with E-state index in [1.807, 2.05) is 0 Å². The number of carbonyl (C=O) groups is 2. The number of rotatable bonds is 3. The van der Waals surface area contributed by atoms with Gasteiger partial charge in [-0.1, -0.05) is 11.6 Å². The number of thiophene rings is 2. The third-order valence-electron chi connectivity index (χ3n) is 1.90. The summed E-state index contributed by atoms with van der Waals surface area (Å²) >= 11 is 7.92. The molecule has 4 nitrogen and oxygen atoms in total. The maximum atomic E-state index is 11.8. The zero-order chi connectivity index (χ0) is 12.4. The summed E-state index contributed by atoms with van der Waals surface area (Å²) in [5.74, 6) is -1.41. The van der Waals surface area contributed by atoms with E-state index in [1.54, 1.807) is 23.6 Å². The molecule has 0 aliphatic heterocycles. The number of hydrogen-bond acceptors (Lipinski definition) is 4. The van der Waals surface area contributed by atoms with E-state index in [2.05, 4.69) is 5.32 Å². The van der Waals surface area contributed by atoms with E-state index in [4.69, 9.17) is 16.7 Å². The fourth-order valence-electron chi connectivity index (χ4n) is 1.19. The van der Waals surface area contributed by atoms with Gasteiger partial charge >= 0.3 is 5.97 Å². The predicted molar refractivity (Wildman–Crippen MR) is 68.6 cm³/mol. The Balaban J connectivity index is 2.18. The number of carbonyl (C=O) groups excluding carboxylic acids is 1. The minimum absolute atomic E-state index is 0.112. The molecule has 7 heteroatoms. The first kappa shape index (κ1) is 12.1. The Morgan fingerprint density at radius 3 is 2.65 bits per heavy atom. The molecule has 1 amide bonds. The molecule has 0 aliphatic carbocycles. The lowest BCUT2D eigenvalue weighted by atomic mass is 10.3. The standard InChI is InChI=1S/C10H6ClNO3S2/c11-7-2-1-6(17-7)9(13)12-5-3-4-16-8(5)10(14)15/h1-4H,(H,12,13)(H,14,15). The third-order valence-corrected chi connectivity index (χ3v) is 4.04. The van der Waals surface area contributed by atoms with Crippen molar-refractivity contribution >= 4 is 51.8 Å². The van der Waals surface area contributed by atoms with Gasteiger partial charge in [-0.2, -0.15) is 0 Å². The third kappa shape index (κ3) is 2.66. The first-order chi connectivity index (χ1) is 8.08. The molecule has 0 aliphatic rings. The van der Waals surface area contributed by atoms with Crippen LogP contribution in [0.15, 0.2) is 23.6 Å². The van der Waals surface area contributed by atoms with Crippen LogP contribution in [0.4, 0.5) is 5.69 Å². The Labute approximate surface area is 109 Å². The number of aromatic carboxylic acids is 1. The summed E-state index contributed by atoms with van der Waals surface area (Å²) < 4.78 is 0.513. The number of nitrogens with one attached hydrogen (secondary N) is 1. The predicted octanol–water partition coefficient (Wildman–Crippen LogP) is 3.41. The lowest BCUT2D eigenvalue weighted by Crippen LogP contribution is -2.11. The summed E-state index contributed by atoms with van der Waals surface area (Å²) in [4.78, 5) is 23.2. The van der Waals surface area contributed by atoms with Gasteiger partial charge in [0.05, 0.1) is 14.9 Å². The largest absolute Gasteiger partial charge is 0.477 e. The maximum Gasteiger partial charge on any atom is 0.348 e. The molecule has 0 atom stereocenters. The lowest BCUT2D eigenvalue weighted by molar-refractivity contribution is 0.0703. The molecule has 2 heterocycles. The van der Waals surface area contributed by atoms with Gasteiger partial charge in [-0.05, 0) is 23.6 Å². The SMILES string of the molecule is O=C(Nc1ccsc1C(=O)O)c1ccc(Cl)s1. The second kappa shape index (κ2) is 4.87. The highest BCUT2D eigenvalue weighted by Gasteiger charge is 2.15. The van der Waals surface area contributed by atoms with Gasteiger partial charge in [0.25, 0.3) is 5.91 Å². The van der Waals surface area contributed by atoms with Crippen molar-refractivity contribution in [2.75, 3.05) is 5.32 Å². The summed E-state index contributed by atoms with van der Waals surface area (Å²) in [7, 11) is 0. The van der Waals surface area contributed by atoms with Crippen molar-refractivity contribution in [1.82, 2.24) is 0 Å². The molecule has 0 saturated heterocycles. The summed E-state index contributed by atoms with van der Waals surface area (Å²) in [6.45, 7) is 0. The second-order valence-corrected chi connectivity index (χ2v) is 5.66. The van der Waals surface area contributed by atoms with Crippen LogP contribution < -0.4 is 5.32 Å². The Hall–Kier alpha value is -1.37. The number of carboxylic acids is 1. The minimum atomic E-state index is -1.06. The fraction of sp³-hybridized carbons (Fsp3) is 0. The molecule has 2 aromatic rings. The number of hydrogen-bond donors (Lipinski definition) is 2. The number of carboxylic acid groups (broad SMARTS) is 1. The quantitative estimate of drug-likeness (QED) is 0.909. The summed E-state index contributed by atoms with van der Waals surface area (Å²) in [6, 6.07) is 4.77. The molecule has 0 spiro atoms. The van der Waals surface area contributed by atoms with E-state index in [0.717, 1.165) is 22.7 Å². The van der Waals surface area contributed by atoms with E-state index >= 15 is 0 Å². The maximum absolute atomic E-state index is 11.8. The Kier molecular flexibility index (Phi) is 3.46. The van der Waals surface area contributed by atoms with Crippen molar-refractivity contribution in [1.29, 1.82) is 0 Å². The molecular weight excluding hydrogens is 282 g/mol. The van der Waals surface area contributed by atoms with Gasteiger partial charge in [-0.3, -0.25) is 4.79 Å². The van der Waals surface area contributed by atoms with Gasteiger partial charge < -0.3 is 10.4 Å². The van der Waals surface area contributed by atoms with Crippen molar-refractivity contribution < 1.29 is 14.7 Å². The molecule has 2 rings (SSSR count). The molecule has 0 aromatic carbocycles. The molecule has 0 bridgehead atoms.